The Labute approximate surface area is 178 Å². The van der Waals surface area contributed by atoms with Crippen molar-refractivity contribution in [1.82, 2.24) is 4.57 Å². The lowest BCUT2D eigenvalue weighted by Gasteiger charge is -2.20. The summed E-state index contributed by atoms with van der Waals surface area (Å²) in [6.07, 6.45) is 2.18. The first-order chi connectivity index (χ1) is 14.1. The molecule has 1 N–H and O–H groups in total. The fourth-order valence-electron chi connectivity index (χ4n) is 3.35. The van der Waals surface area contributed by atoms with E-state index in [9.17, 15) is 10.1 Å². The van der Waals surface area contributed by atoms with Crippen molar-refractivity contribution in [3.05, 3.63) is 65.9 Å². The van der Waals surface area contributed by atoms with Gasteiger partial charge < -0.3 is 10.1 Å². The Morgan fingerprint density at radius 3 is 2.43 bits per heavy atom. The molecule has 0 aliphatic rings. The largest absolute Gasteiger partial charge is 0.443 e. The number of aromatic nitrogens is 1. The van der Waals surface area contributed by atoms with Gasteiger partial charge in [-0.3, -0.25) is 4.57 Å². The van der Waals surface area contributed by atoms with E-state index in [1.807, 2.05) is 71.0 Å². The van der Waals surface area contributed by atoms with E-state index < -0.39 is 17.1 Å². The summed E-state index contributed by atoms with van der Waals surface area (Å²) in [5, 5.41) is 13.9. The van der Waals surface area contributed by atoms with E-state index in [0.717, 1.165) is 35.1 Å². The van der Waals surface area contributed by atoms with E-state index in [-0.39, 0.29) is 0 Å². The number of anilines is 1. The molecule has 3 aromatic rings. The van der Waals surface area contributed by atoms with Crippen LogP contribution < -0.4 is 5.32 Å². The van der Waals surface area contributed by atoms with Crippen LogP contribution in [0.25, 0.3) is 10.9 Å². The Balaban J connectivity index is 1.94. The minimum Gasteiger partial charge on any atom is -0.443 e. The number of fused-ring (bicyclic) bond motifs is 1. The zero-order chi connectivity index (χ0) is 21.9. The summed E-state index contributed by atoms with van der Waals surface area (Å²) in [4.78, 5) is 12.9. The standard InChI is InChI=1S/C25H29N3O2/c1-24(2,3)30-23(29)28-16-21(25(4,5)17-26)20-12-11-19(15-22(20)28)27-14-13-18-9-7-6-8-10-18/h6-12,15-16,27H,13-14H2,1-5H3. The van der Waals surface area contributed by atoms with E-state index >= 15 is 0 Å². The van der Waals surface area contributed by atoms with Crippen molar-refractivity contribution in [1.29, 1.82) is 5.26 Å². The van der Waals surface area contributed by atoms with Crippen LogP contribution in [-0.4, -0.2) is 22.8 Å². The second kappa shape index (κ2) is 8.23. The van der Waals surface area contributed by atoms with Crippen LogP contribution >= 0.6 is 0 Å². The first kappa shape index (κ1) is 21.4. The fourth-order valence-corrected chi connectivity index (χ4v) is 3.35. The lowest BCUT2D eigenvalue weighted by molar-refractivity contribution is 0.0544. The topological polar surface area (TPSA) is 67.0 Å². The van der Waals surface area contributed by atoms with Crippen LogP contribution in [-0.2, 0) is 16.6 Å². The maximum Gasteiger partial charge on any atom is 0.419 e. The highest BCUT2D eigenvalue weighted by atomic mass is 16.6. The number of benzene rings is 2. The van der Waals surface area contributed by atoms with E-state index in [4.69, 9.17) is 4.74 Å². The van der Waals surface area contributed by atoms with Crippen LogP contribution in [0.5, 0.6) is 0 Å². The molecule has 0 amide bonds. The first-order valence-corrected chi connectivity index (χ1v) is 10.2. The Morgan fingerprint density at radius 1 is 1.10 bits per heavy atom. The Bertz CT molecular complexity index is 1080. The Hall–Kier alpha value is -3.26. The van der Waals surface area contributed by atoms with Crippen LogP contribution in [0.1, 0.15) is 45.7 Å². The molecule has 0 unspecified atom stereocenters. The third-order valence-electron chi connectivity index (χ3n) is 4.93. The Morgan fingerprint density at radius 2 is 1.80 bits per heavy atom. The van der Waals surface area contributed by atoms with Gasteiger partial charge in [-0.2, -0.15) is 5.26 Å². The summed E-state index contributed by atoms with van der Waals surface area (Å²) in [7, 11) is 0. The number of hydrogen-bond acceptors (Lipinski definition) is 4. The lowest BCUT2D eigenvalue weighted by Crippen LogP contribution is -2.26. The summed E-state index contributed by atoms with van der Waals surface area (Å²) in [5.41, 5.74) is 2.38. The molecule has 0 aliphatic carbocycles. The molecule has 0 saturated carbocycles. The van der Waals surface area contributed by atoms with Crippen molar-refractivity contribution in [3.63, 3.8) is 0 Å². The summed E-state index contributed by atoms with van der Waals surface area (Å²) in [6.45, 7) is 10.0. The van der Waals surface area contributed by atoms with Crippen LogP contribution in [0, 0.1) is 11.3 Å². The SMILES string of the molecule is CC(C)(C)OC(=O)n1cc(C(C)(C)C#N)c2ccc(NCCc3ccccc3)cc21. The van der Waals surface area contributed by atoms with Gasteiger partial charge in [-0.1, -0.05) is 36.4 Å². The van der Waals surface area contributed by atoms with Crippen LogP contribution in [0.3, 0.4) is 0 Å². The van der Waals surface area contributed by atoms with Crippen molar-refractivity contribution in [2.24, 2.45) is 0 Å². The van der Waals surface area contributed by atoms with Crippen molar-refractivity contribution >= 4 is 22.7 Å². The molecular formula is C25H29N3O2. The zero-order valence-electron chi connectivity index (χ0n) is 18.3. The molecule has 3 rings (SSSR count). The molecule has 0 atom stereocenters. The normalized spacial score (nSPS) is 11.9. The van der Waals surface area contributed by atoms with Gasteiger partial charge in [0, 0.05) is 23.8 Å². The molecule has 5 nitrogen and oxygen atoms in total. The number of nitrogens with one attached hydrogen (secondary N) is 1. The van der Waals surface area contributed by atoms with Crippen molar-refractivity contribution in [2.45, 2.75) is 52.1 Å². The molecule has 0 spiro atoms. The summed E-state index contributed by atoms with van der Waals surface area (Å²) in [5.74, 6) is 0. The number of ether oxygens (including phenoxy) is 1. The molecule has 0 radical (unpaired) electrons. The number of nitrogens with zero attached hydrogens (tertiary/aromatic N) is 2. The molecule has 5 heteroatoms. The monoisotopic (exact) mass is 403 g/mol. The van der Waals surface area contributed by atoms with Gasteiger partial charge in [0.05, 0.1) is 17.0 Å². The molecule has 156 valence electrons. The van der Waals surface area contributed by atoms with Gasteiger partial charge in [0.2, 0.25) is 0 Å². The maximum atomic E-state index is 12.9. The zero-order valence-corrected chi connectivity index (χ0v) is 18.3. The van der Waals surface area contributed by atoms with Crippen molar-refractivity contribution < 1.29 is 9.53 Å². The highest BCUT2D eigenvalue weighted by Crippen LogP contribution is 2.33. The summed E-state index contributed by atoms with van der Waals surface area (Å²) < 4.78 is 7.10. The summed E-state index contributed by atoms with van der Waals surface area (Å²) in [6, 6.07) is 18.5. The number of rotatable bonds is 5. The van der Waals surface area contributed by atoms with Crippen LogP contribution in [0.15, 0.2) is 54.7 Å². The van der Waals surface area contributed by atoms with Crippen molar-refractivity contribution in [2.75, 3.05) is 11.9 Å². The van der Waals surface area contributed by atoms with Crippen molar-refractivity contribution in [3.8, 4) is 6.07 Å². The molecule has 0 fully saturated rings. The second-order valence-corrected chi connectivity index (χ2v) is 9.02. The van der Waals surface area contributed by atoms with E-state index in [2.05, 4.69) is 23.5 Å². The summed E-state index contributed by atoms with van der Waals surface area (Å²) >= 11 is 0. The third-order valence-corrected chi connectivity index (χ3v) is 4.93. The van der Waals surface area contributed by atoms with Crippen LogP contribution in [0.2, 0.25) is 0 Å². The minimum absolute atomic E-state index is 0.450. The highest BCUT2D eigenvalue weighted by Gasteiger charge is 2.28. The maximum absolute atomic E-state index is 12.9. The number of nitriles is 1. The van der Waals surface area contributed by atoms with E-state index in [1.54, 1.807) is 6.20 Å². The number of carbonyl (C=O) groups is 1. The molecule has 0 saturated heterocycles. The van der Waals surface area contributed by atoms with Gasteiger partial charge >= 0.3 is 6.09 Å². The quantitative estimate of drug-likeness (QED) is 0.578. The molecule has 2 aromatic carbocycles. The Kier molecular flexibility index (Phi) is 5.89. The van der Waals surface area contributed by atoms with Gasteiger partial charge in [0.25, 0.3) is 0 Å². The van der Waals surface area contributed by atoms with Gasteiger partial charge in [0.15, 0.2) is 0 Å². The minimum atomic E-state index is -0.728. The number of carbonyl (C=O) groups excluding carboxylic acids is 1. The van der Waals surface area contributed by atoms with Gasteiger partial charge in [-0.25, -0.2) is 4.79 Å². The lowest BCUT2D eigenvalue weighted by atomic mass is 9.86. The molecule has 1 heterocycles. The van der Waals surface area contributed by atoms with Crippen LogP contribution in [0.4, 0.5) is 10.5 Å². The molecule has 30 heavy (non-hydrogen) atoms. The first-order valence-electron chi connectivity index (χ1n) is 10.2. The van der Waals surface area contributed by atoms with Gasteiger partial charge in [0.1, 0.15) is 5.60 Å². The molecule has 1 aromatic heterocycles. The highest BCUT2D eigenvalue weighted by molar-refractivity contribution is 5.94. The predicted octanol–water partition coefficient (Wildman–Crippen LogP) is 5.88. The molecule has 0 aliphatic heterocycles. The number of hydrogen-bond donors (Lipinski definition) is 1. The predicted molar refractivity (Wildman–Crippen MR) is 121 cm³/mol. The molecule has 0 bridgehead atoms. The average molecular weight is 404 g/mol. The third kappa shape index (κ3) is 4.83. The van der Waals surface area contributed by atoms with E-state index in [1.165, 1.54) is 10.1 Å². The average Bonchev–Trinajstić information content (AvgIpc) is 3.07. The fraction of sp³-hybridized carbons (Fsp3) is 0.360. The van der Waals surface area contributed by atoms with Gasteiger partial charge in [-0.05, 0) is 64.3 Å². The molecular weight excluding hydrogens is 374 g/mol. The van der Waals surface area contributed by atoms with E-state index in [0.29, 0.717) is 0 Å². The smallest absolute Gasteiger partial charge is 0.419 e. The van der Waals surface area contributed by atoms with Gasteiger partial charge in [-0.15, -0.1) is 0 Å². The second-order valence-electron chi connectivity index (χ2n) is 9.02.